The smallest absolute Gasteiger partial charge is 0.238 e. The molecule has 8 heteroatoms. The van der Waals surface area contributed by atoms with E-state index in [0.29, 0.717) is 41.2 Å². The predicted molar refractivity (Wildman–Crippen MR) is 125 cm³/mol. The molecular weight excluding hydrogens is 443 g/mol. The Kier molecular flexibility index (Phi) is 5.70. The van der Waals surface area contributed by atoms with Crippen molar-refractivity contribution >= 4 is 15.8 Å². The Morgan fingerprint density at radius 2 is 1.85 bits per heavy atom. The second-order valence-electron chi connectivity index (χ2n) is 9.00. The lowest BCUT2D eigenvalue weighted by Gasteiger charge is -2.33. The van der Waals surface area contributed by atoms with Crippen molar-refractivity contribution in [2.75, 3.05) is 6.61 Å². The monoisotopic (exact) mass is 470 g/mol. The second-order valence-corrected chi connectivity index (χ2v) is 10.6. The number of sulfonamides is 1. The van der Waals surface area contributed by atoms with Crippen LogP contribution in [0.1, 0.15) is 55.2 Å². The van der Waals surface area contributed by atoms with Crippen molar-refractivity contribution in [3.8, 4) is 22.7 Å². The predicted octanol–water partition coefficient (Wildman–Crippen LogP) is 4.89. The van der Waals surface area contributed by atoms with Gasteiger partial charge in [0, 0.05) is 34.5 Å². The van der Waals surface area contributed by atoms with E-state index in [9.17, 15) is 13.2 Å². The number of hydrogen-bond acceptors (Lipinski definition) is 4. The molecule has 0 bridgehead atoms. The zero-order chi connectivity index (χ0) is 24.1. The first-order valence-electron chi connectivity index (χ1n) is 10.8. The van der Waals surface area contributed by atoms with E-state index >= 15 is 4.39 Å². The SMILES string of the molecule is CCC(=O)c1cc(-c2cc(F)c3c(c2)C(C)(C)CCO3)n(-c2ccc(S(N)(=O)=O)cc2)c1C. The van der Waals surface area contributed by atoms with Gasteiger partial charge in [0.1, 0.15) is 0 Å². The zero-order valence-electron chi connectivity index (χ0n) is 19.1. The van der Waals surface area contributed by atoms with Crippen LogP contribution in [0.5, 0.6) is 5.75 Å². The molecule has 1 aromatic heterocycles. The summed E-state index contributed by atoms with van der Waals surface area (Å²) in [6, 6.07) is 11.2. The van der Waals surface area contributed by atoms with Crippen LogP contribution in [0.4, 0.5) is 4.39 Å². The molecule has 0 fully saturated rings. The summed E-state index contributed by atoms with van der Waals surface area (Å²) in [6.07, 6.45) is 1.09. The van der Waals surface area contributed by atoms with Crippen LogP contribution in [0.15, 0.2) is 47.4 Å². The topological polar surface area (TPSA) is 91.4 Å². The minimum Gasteiger partial charge on any atom is -0.490 e. The minimum absolute atomic E-state index is 0.0128. The van der Waals surface area contributed by atoms with Crippen LogP contribution >= 0.6 is 0 Å². The van der Waals surface area contributed by atoms with E-state index in [0.717, 1.165) is 12.0 Å². The Morgan fingerprint density at radius 3 is 2.45 bits per heavy atom. The summed E-state index contributed by atoms with van der Waals surface area (Å²) >= 11 is 0. The summed E-state index contributed by atoms with van der Waals surface area (Å²) in [6.45, 7) is 8.18. The Hall–Kier alpha value is -2.97. The standard InChI is InChI=1S/C25H27FN2O4S/c1-5-23(29)19-14-22(16-12-20-24(21(26)13-16)32-11-10-25(20,3)4)28(15(19)2)17-6-8-18(9-7-17)33(27,30)31/h6-9,12-14H,5,10-11H2,1-4H3,(H2,27,30,31). The van der Waals surface area contributed by atoms with Crippen LogP contribution < -0.4 is 9.88 Å². The number of aromatic nitrogens is 1. The average Bonchev–Trinajstić information content (AvgIpc) is 3.10. The third kappa shape index (κ3) is 4.09. The molecule has 0 aliphatic carbocycles. The van der Waals surface area contributed by atoms with Gasteiger partial charge in [-0.1, -0.05) is 20.8 Å². The number of nitrogens with zero attached hydrogens (tertiary/aromatic N) is 1. The zero-order valence-corrected chi connectivity index (χ0v) is 19.9. The maximum Gasteiger partial charge on any atom is 0.238 e. The molecule has 4 rings (SSSR count). The van der Waals surface area contributed by atoms with E-state index in [1.165, 1.54) is 18.2 Å². The van der Waals surface area contributed by atoms with Gasteiger partial charge < -0.3 is 9.30 Å². The molecule has 2 aromatic carbocycles. The first-order chi connectivity index (χ1) is 15.4. The van der Waals surface area contributed by atoms with Crippen molar-refractivity contribution in [1.82, 2.24) is 4.57 Å². The highest BCUT2D eigenvalue weighted by atomic mass is 32.2. The van der Waals surface area contributed by atoms with Gasteiger partial charge in [-0.25, -0.2) is 17.9 Å². The summed E-state index contributed by atoms with van der Waals surface area (Å²) in [4.78, 5) is 12.6. The Labute approximate surface area is 193 Å². The fourth-order valence-corrected chi connectivity index (χ4v) is 4.86. The quantitative estimate of drug-likeness (QED) is 0.538. The number of fused-ring (bicyclic) bond motifs is 1. The molecule has 174 valence electrons. The molecule has 0 atom stereocenters. The van der Waals surface area contributed by atoms with Crippen LogP contribution in [-0.2, 0) is 15.4 Å². The summed E-state index contributed by atoms with van der Waals surface area (Å²) in [5.74, 6) is -0.212. The number of primary sulfonamides is 1. The lowest BCUT2D eigenvalue weighted by atomic mass is 9.79. The van der Waals surface area contributed by atoms with Gasteiger partial charge in [-0.2, -0.15) is 0 Å². The molecule has 0 radical (unpaired) electrons. The van der Waals surface area contributed by atoms with E-state index in [1.54, 1.807) is 25.1 Å². The Bertz CT molecular complexity index is 1360. The van der Waals surface area contributed by atoms with Gasteiger partial charge in [0.05, 0.1) is 17.2 Å². The largest absolute Gasteiger partial charge is 0.490 e. The van der Waals surface area contributed by atoms with Crippen LogP contribution in [0, 0.1) is 12.7 Å². The van der Waals surface area contributed by atoms with Crippen molar-refractivity contribution < 1.29 is 22.3 Å². The van der Waals surface area contributed by atoms with Gasteiger partial charge >= 0.3 is 0 Å². The number of carbonyl (C=O) groups excluding carboxylic acids is 1. The highest BCUT2D eigenvalue weighted by Crippen LogP contribution is 2.43. The highest BCUT2D eigenvalue weighted by molar-refractivity contribution is 7.89. The van der Waals surface area contributed by atoms with Gasteiger partial charge in [0.15, 0.2) is 17.3 Å². The van der Waals surface area contributed by atoms with Gasteiger partial charge in [-0.05, 0) is 61.2 Å². The number of ether oxygens (including phenoxy) is 1. The number of Topliss-reactive ketones (excluding diaryl/α,β-unsaturated/α-hetero) is 1. The van der Waals surface area contributed by atoms with Crippen LogP contribution in [0.2, 0.25) is 0 Å². The van der Waals surface area contributed by atoms with Gasteiger partial charge in [0.25, 0.3) is 0 Å². The summed E-state index contributed by atoms with van der Waals surface area (Å²) in [5, 5.41) is 5.23. The van der Waals surface area contributed by atoms with Crippen molar-refractivity contribution in [3.63, 3.8) is 0 Å². The highest BCUT2D eigenvalue weighted by Gasteiger charge is 2.32. The van der Waals surface area contributed by atoms with Crippen molar-refractivity contribution in [2.24, 2.45) is 5.14 Å². The van der Waals surface area contributed by atoms with E-state index < -0.39 is 15.8 Å². The molecule has 3 aromatic rings. The molecule has 33 heavy (non-hydrogen) atoms. The van der Waals surface area contributed by atoms with E-state index in [-0.39, 0.29) is 21.8 Å². The third-order valence-corrected chi connectivity index (χ3v) is 7.26. The number of ketones is 1. The van der Waals surface area contributed by atoms with Gasteiger partial charge in [0.2, 0.25) is 10.0 Å². The number of hydrogen-bond donors (Lipinski definition) is 1. The first-order valence-corrected chi connectivity index (χ1v) is 12.3. The fraction of sp³-hybridized carbons (Fsp3) is 0.320. The molecule has 0 unspecified atom stereocenters. The maximum absolute atomic E-state index is 15.1. The Balaban J connectivity index is 1.96. The maximum atomic E-state index is 15.1. The van der Waals surface area contributed by atoms with Gasteiger partial charge in [-0.3, -0.25) is 4.79 Å². The van der Waals surface area contributed by atoms with Crippen LogP contribution in [0.3, 0.4) is 0 Å². The second kappa shape index (κ2) is 8.11. The minimum atomic E-state index is -3.84. The fourth-order valence-electron chi connectivity index (χ4n) is 4.34. The van der Waals surface area contributed by atoms with E-state index in [2.05, 4.69) is 13.8 Å². The van der Waals surface area contributed by atoms with E-state index in [4.69, 9.17) is 9.88 Å². The van der Waals surface area contributed by atoms with Crippen molar-refractivity contribution in [2.45, 2.75) is 50.8 Å². The summed E-state index contributed by atoms with van der Waals surface area (Å²) < 4.78 is 45.9. The van der Waals surface area contributed by atoms with Crippen molar-refractivity contribution in [1.29, 1.82) is 0 Å². The van der Waals surface area contributed by atoms with Crippen LogP contribution in [-0.4, -0.2) is 25.4 Å². The first kappa shape index (κ1) is 23.2. The number of rotatable bonds is 5. The molecule has 1 aliphatic heterocycles. The number of halogens is 1. The lowest BCUT2D eigenvalue weighted by Crippen LogP contribution is -2.27. The summed E-state index contributed by atoms with van der Waals surface area (Å²) in [5.41, 5.74) is 3.62. The molecular formula is C25H27FN2O4S. The number of carbonyl (C=O) groups is 1. The summed E-state index contributed by atoms with van der Waals surface area (Å²) in [7, 11) is -3.84. The van der Waals surface area contributed by atoms with Gasteiger partial charge in [-0.15, -0.1) is 0 Å². The number of nitrogens with two attached hydrogens (primary N) is 1. The van der Waals surface area contributed by atoms with Crippen LogP contribution in [0.25, 0.3) is 16.9 Å². The third-order valence-electron chi connectivity index (χ3n) is 6.33. The number of benzene rings is 2. The normalized spacial score (nSPS) is 15.1. The molecule has 2 N–H and O–H groups in total. The molecule has 0 amide bonds. The lowest BCUT2D eigenvalue weighted by molar-refractivity contribution is 0.0987. The molecule has 0 saturated carbocycles. The molecule has 6 nitrogen and oxygen atoms in total. The molecule has 1 aliphatic rings. The van der Waals surface area contributed by atoms with E-state index in [1.807, 2.05) is 17.6 Å². The average molecular weight is 471 g/mol. The Morgan fingerprint density at radius 1 is 1.18 bits per heavy atom. The molecule has 0 saturated heterocycles. The molecule has 0 spiro atoms. The molecule has 2 heterocycles. The van der Waals surface area contributed by atoms with Crippen molar-refractivity contribution in [3.05, 3.63) is 65.1 Å².